The van der Waals surface area contributed by atoms with Gasteiger partial charge in [0.15, 0.2) is 5.82 Å². The third kappa shape index (κ3) is 2.40. The van der Waals surface area contributed by atoms with Gasteiger partial charge in [0.25, 0.3) is 0 Å². The zero-order valence-electron chi connectivity index (χ0n) is 9.50. The van der Waals surface area contributed by atoms with E-state index in [4.69, 9.17) is 15.2 Å². The minimum Gasteiger partial charge on any atom is -0.383 e. The Kier molecular flexibility index (Phi) is 3.87. The normalized spacial score (nSPS) is 25.1. The highest BCUT2D eigenvalue weighted by Crippen LogP contribution is 2.30. The first-order chi connectivity index (χ1) is 7.85. The summed E-state index contributed by atoms with van der Waals surface area (Å²) in [7, 11) is 1.68. The van der Waals surface area contributed by atoms with Crippen LogP contribution in [0.1, 0.15) is 24.8 Å². The highest BCUT2D eigenvalue weighted by molar-refractivity contribution is 4.95. The van der Waals surface area contributed by atoms with E-state index in [0.717, 1.165) is 25.2 Å². The summed E-state index contributed by atoms with van der Waals surface area (Å²) >= 11 is 0. The minimum absolute atomic E-state index is 0.0351. The SMILES string of the molecule is COCCn1cnnc1C1CCC(CN)O1. The number of ether oxygens (including phenoxy) is 2. The van der Waals surface area contributed by atoms with Crippen LogP contribution >= 0.6 is 0 Å². The maximum absolute atomic E-state index is 5.79. The molecule has 6 nitrogen and oxygen atoms in total. The van der Waals surface area contributed by atoms with Crippen LogP contribution in [0.15, 0.2) is 6.33 Å². The Morgan fingerprint density at radius 1 is 1.62 bits per heavy atom. The van der Waals surface area contributed by atoms with Crippen LogP contribution in [-0.2, 0) is 16.0 Å². The summed E-state index contributed by atoms with van der Waals surface area (Å²) in [4.78, 5) is 0. The molecule has 0 aliphatic carbocycles. The van der Waals surface area contributed by atoms with Crippen molar-refractivity contribution in [2.24, 2.45) is 5.73 Å². The summed E-state index contributed by atoms with van der Waals surface area (Å²) < 4.78 is 12.8. The highest BCUT2D eigenvalue weighted by atomic mass is 16.5. The largest absolute Gasteiger partial charge is 0.383 e. The van der Waals surface area contributed by atoms with Crippen molar-refractivity contribution in [1.82, 2.24) is 14.8 Å². The van der Waals surface area contributed by atoms with Gasteiger partial charge in [0.2, 0.25) is 0 Å². The standard InChI is InChI=1S/C10H18N4O2/c1-15-5-4-14-7-12-13-10(14)9-3-2-8(6-11)16-9/h7-9H,2-6,11H2,1H3. The smallest absolute Gasteiger partial charge is 0.162 e. The van der Waals surface area contributed by atoms with E-state index in [-0.39, 0.29) is 12.2 Å². The predicted octanol–water partition coefficient (Wildman–Crippen LogP) is 0.103. The molecule has 16 heavy (non-hydrogen) atoms. The van der Waals surface area contributed by atoms with Gasteiger partial charge in [0.05, 0.1) is 12.7 Å². The van der Waals surface area contributed by atoms with E-state index in [9.17, 15) is 0 Å². The predicted molar refractivity (Wildman–Crippen MR) is 57.8 cm³/mol. The van der Waals surface area contributed by atoms with Crippen molar-refractivity contribution in [2.45, 2.75) is 31.6 Å². The molecule has 0 spiro atoms. The monoisotopic (exact) mass is 226 g/mol. The van der Waals surface area contributed by atoms with Crippen LogP contribution in [0.5, 0.6) is 0 Å². The highest BCUT2D eigenvalue weighted by Gasteiger charge is 2.28. The molecule has 2 atom stereocenters. The molecule has 0 aromatic carbocycles. The van der Waals surface area contributed by atoms with Gasteiger partial charge in [-0.2, -0.15) is 0 Å². The molecule has 1 aliphatic heterocycles. The second-order valence-corrected chi connectivity index (χ2v) is 3.94. The molecule has 2 N–H and O–H groups in total. The lowest BCUT2D eigenvalue weighted by molar-refractivity contribution is 0.0417. The molecule has 0 radical (unpaired) electrons. The summed E-state index contributed by atoms with van der Waals surface area (Å²) in [6.07, 6.45) is 3.88. The number of nitrogens with zero attached hydrogens (tertiary/aromatic N) is 3. The zero-order chi connectivity index (χ0) is 11.4. The van der Waals surface area contributed by atoms with Gasteiger partial charge >= 0.3 is 0 Å². The van der Waals surface area contributed by atoms with Gasteiger partial charge in [-0.15, -0.1) is 10.2 Å². The summed E-state index contributed by atoms with van der Waals surface area (Å²) in [6, 6.07) is 0. The summed E-state index contributed by atoms with van der Waals surface area (Å²) in [5.74, 6) is 0.882. The van der Waals surface area contributed by atoms with Gasteiger partial charge in [-0.25, -0.2) is 0 Å². The number of hydrogen-bond acceptors (Lipinski definition) is 5. The Balaban J connectivity index is 2.00. The van der Waals surface area contributed by atoms with Crippen LogP contribution in [0, 0.1) is 0 Å². The number of nitrogens with two attached hydrogens (primary N) is 1. The van der Waals surface area contributed by atoms with Gasteiger partial charge in [-0.3, -0.25) is 0 Å². The van der Waals surface area contributed by atoms with Crippen molar-refractivity contribution in [3.8, 4) is 0 Å². The molecule has 90 valence electrons. The molecular weight excluding hydrogens is 208 g/mol. The lowest BCUT2D eigenvalue weighted by atomic mass is 10.2. The maximum atomic E-state index is 5.79. The Labute approximate surface area is 94.7 Å². The first kappa shape index (κ1) is 11.5. The molecule has 2 unspecified atom stereocenters. The van der Waals surface area contributed by atoms with Crippen LogP contribution < -0.4 is 5.73 Å². The third-order valence-corrected chi connectivity index (χ3v) is 2.84. The molecule has 1 aromatic heterocycles. The second-order valence-electron chi connectivity index (χ2n) is 3.94. The molecule has 1 aliphatic rings. The maximum Gasteiger partial charge on any atom is 0.162 e. The molecule has 0 saturated carbocycles. The van der Waals surface area contributed by atoms with Crippen molar-refractivity contribution < 1.29 is 9.47 Å². The first-order valence-corrected chi connectivity index (χ1v) is 5.57. The van der Waals surface area contributed by atoms with Crippen LogP contribution in [0.3, 0.4) is 0 Å². The molecule has 2 rings (SSSR count). The first-order valence-electron chi connectivity index (χ1n) is 5.57. The number of methoxy groups -OCH3 is 1. The van der Waals surface area contributed by atoms with E-state index >= 15 is 0 Å². The summed E-state index contributed by atoms with van der Waals surface area (Å²) in [6.45, 7) is 1.98. The lowest BCUT2D eigenvalue weighted by Gasteiger charge is -2.13. The van der Waals surface area contributed by atoms with Crippen molar-refractivity contribution in [3.05, 3.63) is 12.2 Å². The van der Waals surface area contributed by atoms with Crippen molar-refractivity contribution in [2.75, 3.05) is 20.3 Å². The number of rotatable bonds is 5. The van der Waals surface area contributed by atoms with E-state index in [2.05, 4.69) is 10.2 Å². The topological polar surface area (TPSA) is 75.2 Å². The Morgan fingerprint density at radius 2 is 2.50 bits per heavy atom. The fourth-order valence-electron chi connectivity index (χ4n) is 1.94. The molecule has 1 saturated heterocycles. The average molecular weight is 226 g/mol. The Bertz CT molecular complexity index is 328. The number of aromatic nitrogens is 3. The van der Waals surface area contributed by atoms with Crippen molar-refractivity contribution >= 4 is 0 Å². The zero-order valence-corrected chi connectivity index (χ0v) is 9.50. The van der Waals surface area contributed by atoms with Crippen LogP contribution in [0.2, 0.25) is 0 Å². The third-order valence-electron chi connectivity index (χ3n) is 2.84. The molecule has 0 amide bonds. The van der Waals surface area contributed by atoms with E-state index in [1.54, 1.807) is 13.4 Å². The van der Waals surface area contributed by atoms with Gasteiger partial charge in [0, 0.05) is 20.2 Å². The van der Waals surface area contributed by atoms with Crippen LogP contribution in [0.4, 0.5) is 0 Å². The second kappa shape index (κ2) is 5.38. The van der Waals surface area contributed by atoms with Crippen LogP contribution in [-0.4, -0.2) is 41.1 Å². The molecule has 2 heterocycles. The van der Waals surface area contributed by atoms with Crippen molar-refractivity contribution in [3.63, 3.8) is 0 Å². The molecule has 1 aromatic rings. The lowest BCUT2D eigenvalue weighted by Crippen LogP contribution is -2.19. The fraction of sp³-hybridized carbons (Fsp3) is 0.800. The summed E-state index contributed by atoms with van der Waals surface area (Å²) in [5, 5.41) is 8.03. The van der Waals surface area contributed by atoms with Crippen LogP contribution in [0.25, 0.3) is 0 Å². The summed E-state index contributed by atoms with van der Waals surface area (Å²) in [5.41, 5.74) is 5.58. The van der Waals surface area contributed by atoms with E-state index in [0.29, 0.717) is 13.2 Å². The fourth-order valence-corrected chi connectivity index (χ4v) is 1.94. The number of hydrogen-bond donors (Lipinski definition) is 1. The van der Waals surface area contributed by atoms with Crippen molar-refractivity contribution in [1.29, 1.82) is 0 Å². The molecule has 0 bridgehead atoms. The molecular formula is C10H18N4O2. The van der Waals surface area contributed by atoms with Gasteiger partial charge in [-0.05, 0) is 12.8 Å². The van der Waals surface area contributed by atoms with E-state index in [1.165, 1.54) is 0 Å². The van der Waals surface area contributed by atoms with E-state index < -0.39 is 0 Å². The molecule has 1 fully saturated rings. The minimum atomic E-state index is 0.0351. The quantitative estimate of drug-likeness (QED) is 0.771. The average Bonchev–Trinajstić information content (AvgIpc) is 2.94. The molecule has 6 heteroatoms. The van der Waals surface area contributed by atoms with E-state index in [1.807, 2.05) is 4.57 Å². The Hall–Kier alpha value is -0.980. The Morgan fingerprint density at radius 3 is 3.19 bits per heavy atom. The van der Waals surface area contributed by atoms with Gasteiger partial charge in [0.1, 0.15) is 12.4 Å². The van der Waals surface area contributed by atoms with Gasteiger partial charge in [-0.1, -0.05) is 0 Å². The van der Waals surface area contributed by atoms with Gasteiger partial charge < -0.3 is 19.8 Å².